The molecule has 6 heteroatoms. The van der Waals surface area contributed by atoms with Crippen molar-refractivity contribution in [2.45, 2.75) is 13.3 Å². The van der Waals surface area contributed by atoms with Crippen molar-refractivity contribution in [3.8, 4) is 0 Å². The van der Waals surface area contributed by atoms with Gasteiger partial charge in [0.2, 0.25) is 11.8 Å². The molecule has 3 aromatic rings. The van der Waals surface area contributed by atoms with Gasteiger partial charge in [0.05, 0.1) is 23.7 Å². The Balaban J connectivity index is 1.70. The molecule has 1 aromatic heterocycles. The fraction of sp³-hybridized carbons (Fsp3) is 0.250. The molecule has 6 nitrogen and oxygen atoms in total. The number of carbonyl (C=O) groups excluding carboxylic acids is 2. The number of anilines is 2. The van der Waals surface area contributed by atoms with E-state index >= 15 is 0 Å². The topological polar surface area (TPSA) is 66.7 Å². The highest BCUT2D eigenvalue weighted by Gasteiger charge is 2.32. The van der Waals surface area contributed by atoms with Crippen LogP contribution in [0.3, 0.4) is 0 Å². The number of hydrogen-bond donors (Lipinski definition) is 0. The summed E-state index contributed by atoms with van der Waals surface area (Å²) in [5, 5.41) is 4.90. The molecule has 2 heterocycles. The van der Waals surface area contributed by atoms with Gasteiger partial charge in [-0.2, -0.15) is 0 Å². The van der Waals surface area contributed by atoms with Crippen LogP contribution in [0.15, 0.2) is 53.1 Å². The zero-order valence-electron chi connectivity index (χ0n) is 14.7. The Kier molecular flexibility index (Phi) is 3.95. The van der Waals surface area contributed by atoms with Gasteiger partial charge in [-0.1, -0.05) is 36.3 Å². The van der Waals surface area contributed by atoms with Crippen LogP contribution >= 0.6 is 0 Å². The summed E-state index contributed by atoms with van der Waals surface area (Å²) in [6.45, 7) is 2.19. The third-order valence-corrected chi connectivity index (χ3v) is 4.81. The van der Waals surface area contributed by atoms with E-state index in [2.05, 4.69) is 5.16 Å². The van der Waals surface area contributed by atoms with E-state index in [1.165, 1.54) is 0 Å². The Hall–Kier alpha value is -3.15. The van der Waals surface area contributed by atoms with Crippen LogP contribution < -0.4 is 9.80 Å². The molecular formula is C20H19N3O3. The van der Waals surface area contributed by atoms with E-state index in [0.717, 1.165) is 16.8 Å². The molecule has 0 N–H and O–H groups in total. The molecule has 1 unspecified atom stereocenters. The first-order valence-corrected chi connectivity index (χ1v) is 8.56. The molecule has 0 saturated carbocycles. The quantitative estimate of drug-likeness (QED) is 0.713. The molecule has 1 aliphatic heterocycles. The number of para-hydroxylation sites is 3. The Labute approximate surface area is 151 Å². The van der Waals surface area contributed by atoms with E-state index in [0.29, 0.717) is 17.8 Å². The smallest absolute Gasteiger partial charge is 0.233 e. The summed E-state index contributed by atoms with van der Waals surface area (Å²) in [6, 6.07) is 15.0. The van der Waals surface area contributed by atoms with Crippen molar-refractivity contribution in [1.82, 2.24) is 5.16 Å². The molecule has 2 aromatic carbocycles. The minimum Gasteiger partial charge on any atom is -0.356 e. The number of benzene rings is 2. The highest BCUT2D eigenvalue weighted by molar-refractivity contribution is 6.06. The maximum atomic E-state index is 13.1. The second kappa shape index (κ2) is 6.29. The number of carbonyl (C=O) groups is 2. The number of aromatic nitrogens is 1. The van der Waals surface area contributed by atoms with E-state index in [-0.39, 0.29) is 24.2 Å². The van der Waals surface area contributed by atoms with Crippen LogP contribution in [-0.4, -0.2) is 30.6 Å². The van der Waals surface area contributed by atoms with Crippen molar-refractivity contribution in [2.75, 3.05) is 23.4 Å². The molecular weight excluding hydrogens is 330 g/mol. The first-order chi connectivity index (χ1) is 12.6. The van der Waals surface area contributed by atoms with Crippen LogP contribution in [0.1, 0.15) is 12.6 Å². The molecule has 2 amide bonds. The van der Waals surface area contributed by atoms with Gasteiger partial charge in [-0.05, 0) is 24.3 Å². The average Bonchev–Trinajstić information content (AvgIpc) is 3.03. The molecule has 26 heavy (non-hydrogen) atoms. The second-order valence-electron chi connectivity index (χ2n) is 6.59. The summed E-state index contributed by atoms with van der Waals surface area (Å²) in [5.74, 6) is -0.392. The summed E-state index contributed by atoms with van der Waals surface area (Å²) in [4.78, 5) is 28.9. The van der Waals surface area contributed by atoms with Crippen molar-refractivity contribution in [1.29, 1.82) is 0 Å². The summed E-state index contributed by atoms with van der Waals surface area (Å²) in [5.41, 5.74) is 2.75. The SMILES string of the molecule is CC1CN(C(=O)Cc2noc3ccccc23)c2ccccc2N(C)C1=O. The van der Waals surface area contributed by atoms with E-state index in [4.69, 9.17) is 4.52 Å². The lowest BCUT2D eigenvalue weighted by Gasteiger charge is -2.23. The minimum atomic E-state index is -0.287. The normalized spacial score (nSPS) is 17.3. The van der Waals surface area contributed by atoms with Crippen molar-refractivity contribution in [3.63, 3.8) is 0 Å². The predicted octanol–water partition coefficient (Wildman–Crippen LogP) is 3.02. The maximum Gasteiger partial charge on any atom is 0.233 e. The van der Waals surface area contributed by atoms with Gasteiger partial charge in [0.15, 0.2) is 5.58 Å². The lowest BCUT2D eigenvalue weighted by molar-refractivity contribution is -0.121. The molecule has 132 valence electrons. The van der Waals surface area contributed by atoms with Crippen LogP contribution in [0.4, 0.5) is 11.4 Å². The first kappa shape index (κ1) is 16.3. The Morgan fingerprint density at radius 3 is 2.65 bits per heavy atom. The summed E-state index contributed by atoms with van der Waals surface area (Å²) < 4.78 is 5.30. The standard InChI is InChI=1S/C20H19N3O3/c1-13-12-23(17-9-5-4-8-16(17)22(2)20(13)25)19(24)11-15-14-7-3-6-10-18(14)26-21-15/h3-10,13H,11-12H2,1-2H3. The van der Waals surface area contributed by atoms with Gasteiger partial charge in [-0.25, -0.2) is 0 Å². The fourth-order valence-electron chi connectivity index (χ4n) is 3.42. The van der Waals surface area contributed by atoms with E-state index in [1.807, 2.05) is 55.5 Å². The zero-order valence-corrected chi connectivity index (χ0v) is 14.7. The third-order valence-electron chi connectivity index (χ3n) is 4.81. The van der Waals surface area contributed by atoms with Gasteiger partial charge in [-0.15, -0.1) is 0 Å². The summed E-state index contributed by atoms with van der Waals surface area (Å²) in [6.07, 6.45) is 0.121. The monoisotopic (exact) mass is 349 g/mol. The molecule has 0 radical (unpaired) electrons. The molecule has 1 atom stereocenters. The maximum absolute atomic E-state index is 13.1. The fourth-order valence-corrected chi connectivity index (χ4v) is 3.42. The number of fused-ring (bicyclic) bond motifs is 2. The second-order valence-corrected chi connectivity index (χ2v) is 6.59. The van der Waals surface area contributed by atoms with Crippen LogP contribution in [-0.2, 0) is 16.0 Å². The lowest BCUT2D eigenvalue weighted by Crippen LogP contribution is -2.38. The van der Waals surface area contributed by atoms with Crippen LogP contribution in [0, 0.1) is 5.92 Å². The highest BCUT2D eigenvalue weighted by atomic mass is 16.5. The van der Waals surface area contributed by atoms with Gasteiger partial charge in [0.1, 0.15) is 5.69 Å². The zero-order chi connectivity index (χ0) is 18.3. The van der Waals surface area contributed by atoms with Gasteiger partial charge in [0.25, 0.3) is 0 Å². The largest absolute Gasteiger partial charge is 0.356 e. The Morgan fingerprint density at radius 2 is 1.85 bits per heavy atom. The van der Waals surface area contributed by atoms with Crippen molar-refractivity contribution in [2.24, 2.45) is 5.92 Å². The van der Waals surface area contributed by atoms with Crippen molar-refractivity contribution in [3.05, 3.63) is 54.2 Å². The van der Waals surface area contributed by atoms with Crippen LogP contribution in [0.25, 0.3) is 11.0 Å². The Bertz CT molecular complexity index is 995. The first-order valence-electron chi connectivity index (χ1n) is 8.56. The molecule has 0 saturated heterocycles. The Morgan fingerprint density at radius 1 is 1.15 bits per heavy atom. The van der Waals surface area contributed by atoms with Crippen molar-refractivity contribution < 1.29 is 14.1 Å². The summed E-state index contributed by atoms with van der Waals surface area (Å²) in [7, 11) is 1.75. The van der Waals surface area contributed by atoms with E-state index in [1.54, 1.807) is 16.8 Å². The number of amides is 2. The molecule has 4 rings (SSSR count). The van der Waals surface area contributed by atoms with E-state index in [9.17, 15) is 9.59 Å². The molecule has 0 fully saturated rings. The molecule has 0 bridgehead atoms. The third kappa shape index (κ3) is 2.63. The molecule has 0 spiro atoms. The molecule has 0 aliphatic carbocycles. The van der Waals surface area contributed by atoms with Gasteiger partial charge >= 0.3 is 0 Å². The highest BCUT2D eigenvalue weighted by Crippen LogP contribution is 2.33. The van der Waals surface area contributed by atoms with Gasteiger partial charge in [0, 0.05) is 19.0 Å². The van der Waals surface area contributed by atoms with Gasteiger partial charge in [-0.3, -0.25) is 9.59 Å². The predicted molar refractivity (Wildman–Crippen MR) is 99.1 cm³/mol. The van der Waals surface area contributed by atoms with Crippen LogP contribution in [0.5, 0.6) is 0 Å². The van der Waals surface area contributed by atoms with Gasteiger partial charge < -0.3 is 14.3 Å². The average molecular weight is 349 g/mol. The lowest BCUT2D eigenvalue weighted by atomic mass is 10.1. The van der Waals surface area contributed by atoms with Crippen molar-refractivity contribution >= 4 is 34.2 Å². The van der Waals surface area contributed by atoms with Crippen LogP contribution in [0.2, 0.25) is 0 Å². The molecule has 1 aliphatic rings. The summed E-state index contributed by atoms with van der Waals surface area (Å²) >= 11 is 0. The minimum absolute atomic E-state index is 0.000337. The number of rotatable bonds is 2. The number of nitrogens with zero attached hydrogens (tertiary/aromatic N) is 3. The van der Waals surface area contributed by atoms with E-state index < -0.39 is 0 Å². The number of hydrogen-bond acceptors (Lipinski definition) is 4.